The number of nitrogens with one attached hydrogen (secondary N) is 1. The summed E-state index contributed by atoms with van der Waals surface area (Å²) in [6.07, 6.45) is 4.84. The van der Waals surface area contributed by atoms with Gasteiger partial charge in [-0.05, 0) is 37.1 Å². The summed E-state index contributed by atoms with van der Waals surface area (Å²) in [5, 5.41) is 11.6. The zero-order valence-electron chi connectivity index (χ0n) is 11.0. The molecule has 0 spiro atoms. The van der Waals surface area contributed by atoms with Crippen LogP contribution < -0.4 is 5.32 Å². The normalized spacial score (nSPS) is 14.8. The highest BCUT2D eigenvalue weighted by Gasteiger charge is 2.22. The molecule has 1 saturated carbocycles. The van der Waals surface area contributed by atoms with Gasteiger partial charge in [-0.25, -0.2) is 0 Å². The van der Waals surface area contributed by atoms with E-state index < -0.39 is 0 Å². The molecule has 3 nitrogen and oxygen atoms in total. The summed E-state index contributed by atoms with van der Waals surface area (Å²) in [5.41, 5.74) is 1.72. The number of aliphatic hydroxyl groups is 1. The molecule has 1 aromatic carbocycles. The van der Waals surface area contributed by atoms with E-state index >= 15 is 0 Å². The first kappa shape index (κ1) is 13.6. The summed E-state index contributed by atoms with van der Waals surface area (Å²) in [6.45, 7) is 0.0858. The van der Waals surface area contributed by atoms with Crippen molar-refractivity contribution < 1.29 is 9.90 Å². The molecule has 0 heterocycles. The Morgan fingerprint density at radius 3 is 2.58 bits per heavy atom. The lowest BCUT2D eigenvalue weighted by molar-refractivity contribution is -0.119. The molecule has 1 fully saturated rings. The molecule has 3 heteroatoms. The van der Waals surface area contributed by atoms with Crippen molar-refractivity contribution in [2.45, 2.75) is 32.1 Å². The SMILES string of the molecule is O=C(Nc1ccc(C#CCCO)cc1)C1CCCC1. The third-order valence-corrected chi connectivity index (χ3v) is 3.35. The Bertz CT molecular complexity index is 476. The van der Waals surface area contributed by atoms with E-state index in [1.807, 2.05) is 24.3 Å². The van der Waals surface area contributed by atoms with E-state index in [0.717, 1.165) is 36.9 Å². The molecular formula is C16H19NO2. The van der Waals surface area contributed by atoms with Gasteiger partial charge in [-0.15, -0.1) is 0 Å². The van der Waals surface area contributed by atoms with Crippen LogP contribution in [-0.4, -0.2) is 17.6 Å². The number of anilines is 1. The fraction of sp³-hybridized carbons (Fsp3) is 0.438. The molecule has 0 atom stereocenters. The van der Waals surface area contributed by atoms with Crippen molar-refractivity contribution in [3.8, 4) is 11.8 Å². The van der Waals surface area contributed by atoms with Crippen LogP contribution in [0.15, 0.2) is 24.3 Å². The smallest absolute Gasteiger partial charge is 0.227 e. The number of carbonyl (C=O) groups is 1. The predicted molar refractivity (Wildman–Crippen MR) is 75.6 cm³/mol. The summed E-state index contributed by atoms with van der Waals surface area (Å²) in [7, 11) is 0. The first-order chi connectivity index (χ1) is 9.29. The third-order valence-electron chi connectivity index (χ3n) is 3.35. The Kier molecular flexibility index (Phi) is 5.00. The first-order valence-electron chi connectivity index (χ1n) is 6.80. The second-order valence-electron chi connectivity index (χ2n) is 4.82. The van der Waals surface area contributed by atoms with Crippen LogP contribution in [0.3, 0.4) is 0 Å². The molecule has 0 aromatic heterocycles. The van der Waals surface area contributed by atoms with E-state index in [9.17, 15) is 4.79 Å². The maximum Gasteiger partial charge on any atom is 0.227 e. The van der Waals surface area contributed by atoms with Crippen molar-refractivity contribution >= 4 is 11.6 Å². The van der Waals surface area contributed by atoms with Crippen molar-refractivity contribution in [2.75, 3.05) is 11.9 Å². The summed E-state index contributed by atoms with van der Waals surface area (Å²) >= 11 is 0. The summed E-state index contributed by atoms with van der Waals surface area (Å²) in [6, 6.07) is 7.51. The van der Waals surface area contributed by atoms with Gasteiger partial charge in [-0.2, -0.15) is 0 Å². The Morgan fingerprint density at radius 1 is 1.26 bits per heavy atom. The van der Waals surface area contributed by atoms with E-state index in [1.165, 1.54) is 0 Å². The van der Waals surface area contributed by atoms with E-state index in [2.05, 4.69) is 17.2 Å². The molecule has 0 aliphatic heterocycles. The first-order valence-corrected chi connectivity index (χ1v) is 6.80. The molecule has 100 valence electrons. The van der Waals surface area contributed by atoms with Gasteiger partial charge in [0.15, 0.2) is 0 Å². The zero-order chi connectivity index (χ0) is 13.5. The van der Waals surface area contributed by atoms with Gasteiger partial charge in [-0.3, -0.25) is 4.79 Å². The summed E-state index contributed by atoms with van der Waals surface area (Å²) in [4.78, 5) is 11.9. The minimum Gasteiger partial charge on any atom is -0.395 e. The van der Waals surface area contributed by atoms with E-state index in [4.69, 9.17) is 5.11 Å². The highest BCUT2D eigenvalue weighted by molar-refractivity contribution is 5.92. The lowest BCUT2D eigenvalue weighted by Crippen LogP contribution is -2.20. The standard InChI is InChI=1S/C16H19NO2/c18-12-4-3-5-13-8-10-15(11-9-13)17-16(19)14-6-1-2-7-14/h8-11,14,18H,1-2,4,6-7,12H2,(H,17,19). The summed E-state index contributed by atoms with van der Waals surface area (Å²) < 4.78 is 0. The van der Waals surface area contributed by atoms with Gasteiger partial charge < -0.3 is 10.4 Å². The highest BCUT2D eigenvalue weighted by atomic mass is 16.2. The minimum atomic E-state index is 0.0858. The van der Waals surface area contributed by atoms with Crippen molar-refractivity contribution in [3.05, 3.63) is 29.8 Å². The number of benzene rings is 1. The number of carbonyl (C=O) groups excluding carboxylic acids is 1. The molecule has 0 bridgehead atoms. The average molecular weight is 257 g/mol. The maximum absolute atomic E-state index is 11.9. The Morgan fingerprint density at radius 2 is 1.95 bits per heavy atom. The molecule has 2 N–H and O–H groups in total. The summed E-state index contributed by atoms with van der Waals surface area (Å²) in [5.74, 6) is 6.15. The molecule has 2 rings (SSSR count). The molecule has 19 heavy (non-hydrogen) atoms. The topological polar surface area (TPSA) is 49.3 Å². The maximum atomic E-state index is 11.9. The molecule has 1 aliphatic rings. The minimum absolute atomic E-state index is 0.0858. The highest BCUT2D eigenvalue weighted by Crippen LogP contribution is 2.25. The predicted octanol–water partition coefficient (Wildman–Crippen LogP) is 2.55. The van der Waals surface area contributed by atoms with Crippen LogP contribution >= 0.6 is 0 Å². The van der Waals surface area contributed by atoms with Gasteiger partial charge in [0.2, 0.25) is 5.91 Å². The van der Waals surface area contributed by atoms with Crippen LogP contribution in [0.5, 0.6) is 0 Å². The number of hydrogen-bond acceptors (Lipinski definition) is 2. The number of aliphatic hydroxyl groups excluding tert-OH is 1. The Labute approximate surface area is 114 Å². The second kappa shape index (κ2) is 6.96. The fourth-order valence-corrected chi connectivity index (χ4v) is 2.29. The van der Waals surface area contributed by atoms with Gasteiger partial charge >= 0.3 is 0 Å². The molecule has 0 saturated heterocycles. The number of hydrogen-bond donors (Lipinski definition) is 2. The largest absolute Gasteiger partial charge is 0.395 e. The molecule has 0 radical (unpaired) electrons. The monoisotopic (exact) mass is 257 g/mol. The van der Waals surface area contributed by atoms with Crippen LogP contribution in [0.4, 0.5) is 5.69 Å². The molecule has 1 aromatic rings. The zero-order valence-corrected chi connectivity index (χ0v) is 11.0. The van der Waals surface area contributed by atoms with Crippen LogP contribution in [-0.2, 0) is 4.79 Å². The molecule has 1 aliphatic carbocycles. The molecular weight excluding hydrogens is 238 g/mol. The van der Waals surface area contributed by atoms with Crippen LogP contribution in [0.2, 0.25) is 0 Å². The van der Waals surface area contributed by atoms with Gasteiger partial charge in [0.25, 0.3) is 0 Å². The fourth-order valence-electron chi connectivity index (χ4n) is 2.29. The van der Waals surface area contributed by atoms with Gasteiger partial charge in [0.05, 0.1) is 6.61 Å². The lowest BCUT2D eigenvalue weighted by atomic mass is 10.1. The Hall–Kier alpha value is -1.79. The van der Waals surface area contributed by atoms with Crippen molar-refractivity contribution in [3.63, 3.8) is 0 Å². The van der Waals surface area contributed by atoms with Crippen molar-refractivity contribution in [2.24, 2.45) is 5.92 Å². The molecule has 0 unspecified atom stereocenters. The van der Waals surface area contributed by atoms with E-state index in [-0.39, 0.29) is 18.4 Å². The molecule has 1 amide bonds. The lowest BCUT2D eigenvalue weighted by Gasteiger charge is -2.10. The van der Waals surface area contributed by atoms with E-state index in [1.54, 1.807) is 0 Å². The second-order valence-corrected chi connectivity index (χ2v) is 4.82. The quantitative estimate of drug-likeness (QED) is 0.818. The van der Waals surface area contributed by atoms with Crippen molar-refractivity contribution in [1.29, 1.82) is 0 Å². The van der Waals surface area contributed by atoms with Crippen LogP contribution in [0.1, 0.15) is 37.7 Å². The Balaban J connectivity index is 1.91. The van der Waals surface area contributed by atoms with Crippen LogP contribution in [0.25, 0.3) is 0 Å². The van der Waals surface area contributed by atoms with Crippen LogP contribution in [0, 0.1) is 17.8 Å². The van der Waals surface area contributed by atoms with E-state index in [0.29, 0.717) is 6.42 Å². The number of rotatable bonds is 3. The van der Waals surface area contributed by atoms with Crippen molar-refractivity contribution in [1.82, 2.24) is 0 Å². The number of amides is 1. The van der Waals surface area contributed by atoms with Gasteiger partial charge in [0.1, 0.15) is 0 Å². The third kappa shape index (κ3) is 4.11. The van der Waals surface area contributed by atoms with Gasteiger partial charge in [-0.1, -0.05) is 24.7 Å². The van der Waals surface area contributed by atoms with Gasteiger partial charge in [0, 0.05) is 23.6 Å². The average Bonchev–Trinajstić information content (AvgIpc) is 2.95.